The standard InChI is InChI=1S/C17H19N5OS/c1-2-11-5-3-4-6-13(11)20-16(19)22-17-21-14(10-24-17)15-8-7-12(9-18)23-15/h3-8,10H,2,9,18H2,1H3,(H3,19,20,21,22). The van der Waals surface area contributed by atoms with Gasteiger partial charge in [-0.25, -0.2) is 4.98 Å². The number of anilines is 1. The van der Waals surface area contributed by atoms with E-state index in [9.17, 15) is 0 Å². The lowest BCUT2D eigenvalue weighted by Crippen LogP contribution is -2.22. The summed E-state index contributed by atoms with van der Waals surface area (Å²) in [5.41, 5.74) is 14.4. The summed E-state index contributed by atoms with van der Waals surface area (Å²) in [6, 6.07) is 11.7. The molecule has 0 aliphatic carbocycles. The van der Waals surface area contributed by atoms with Crippen molar-refractivity contribution in [3.63, 3.8) is 0 Å². The van der Waals surface area contributed by atoms with Crippen molar-refractivity contribution >= 4 is 28.1 Å². The van der Waals surface area contributed by atoms with Gasteiger partial charge in [-0.15, -0.1) is 11.3 Å². The molecule has 3 aromatic rings. The van der Waals surface area contributed by atoms with Crippen molar-refractivity contribution < 1.29 is 4.42 Å². The van der Waals surface area contributed by atoms with Gasteiger partial charge in [0.15, 0.2) is 5.76 Å². The number of rotatable bonds is 5. The van der Waals surface area contributed by atoms with Crippen molar-refractivity contribution in [1.29, 1.82) is 0 Å². The molecule has 3 rings (SSSR count). The van der Waals surface area contributed by atoms with Crippen LogP contribution >= 0.6 is 11.3 Å². The molecule has 7 heteroatoms. The van der Waals surface area contributed by atoms with Crippen LogP contribution in [0.25, 0.3) is 11.5 Å². The molecular formula is C17H19N5OS. The molecule has 0 radical (unpaired) electrons. The first kappa shape index (κ1) is 16.2. The van der Waals surface area contributed by atoms with Gasteiger partial charge in [0, 0.05) is 11.1 Å². The number of nitrogens with two attached hydrogens (primary N) is 2. The second-order valence-corrected chi connectivity index (χ2v) is 5.95. The van der Waals surface area contributed by atoms with Crippen molar-refractivity contribution in [2.45, 2.75) is 19.9 Å². The highest BCUT2D eigenvalue weighted by atomic mass is 32.1. The van der Waals surface area contributed by atoms with Crippen LogP contribution in [0.5, 0.6) is 0 Å². The third-order valence-corrected chi connectivity index (χ3v) is 4.22. The minimum absolute atomic E-state index is 0.305. The van der Waals surface area contributed by atoms with Gasteiger partial charge in [0.25, 0.3) is 0 Å². The summed E-state index contributed by atoms with van der Waals surface area (Å²) >= 11 is 1.40. The molecule has 0 unspecified atom stereocenters. The summed E-state index contributed by atoms with van der Waals surface area (Å²) < 4.78 is 5.59. The number of nitrogens with one attached hydrogen (secondary N) is 1. The molecule has 0 fully saturated rings. The number of aliphatic imine (C=N–C) groups is 1. The predicted molar refractivity (Wildman–Crippen MR) is 98.4 cm³/mol. The van der Waals surface area contributed by atoms with Crippen molar-refractivity contribution in [2.75, 3.05) is 5.32 Å². The first-order valence-electron chi connectivity index (χ1n) is 7.63. The molecule has 0 saturated carbocycles. The summed E-state index contributed by atoms with van der Waals surface area (Å²) in [5.74, 6) is 1.70. The largest absolute Gasteiger partial charge is 0.458 e. The van der Waals surface area contributed by atoms with E-state index in [1.165, 1.54) is 16.9 Å². The van der Waals surface area contributed by atoms with Gasteiger partial charge in [-0.1, -0.05) is 25.1 Å². The van der Waals surface area contributed by atoms with E-state index in [-0.39, 0.29) is 0 Å². The molecule has 0 bridgehead atoms. The SMILES string of the molecule is CCc1ccccc1NC(N)=Nc1nc(-c2ccc(CN)o2)cs1. The third-order valence-electron chi connectivity index (χ3n) is 3.48. The van der Waals surface area contributed by atoms with Crippen LogP contribution < -0.4 is 16.8 Å². The average molecular weight is 341 g/mol. The van der Waals surface area contributed by atoms with Crippen LogP contribution in [-0.4, -0.2) is 10.9 Å². The van der Waals surface area contributed by atoms with Gasteiger partial charge in [-0.3, -0.25) is 0 Å². The van der Waals surface area contributed by atoms with Crippen molar-refractivity contribution in [2.24, 2.45) is 16.5 Å². The quantitative estimate of drug-likeness (QED) is 0.487. The first-order chi connectivity index (χ1) is 11.7. The molecule has 0 amide bonds. The Morgan fingerprint density at radius 2 is 2.12 bits per heavy atom. The molecule has 0 atom stereocenters. The highest BCUT2D eigenvalue weighted by Gasteiger charge is 2.09. The number of hydrogen-bond donors (Lipinski definition) is 3. The Kier molecular flexibility index (Phi) is 4.93. The second-order valence-electron chi connectivity index (χ2n) is 5.12. The van der Waals surface area contributed by atoms with E-state index in [2.05, 4.69) is 28.3 Å². The number of hydrogen-bond acceptors (Lipinski definition) is 5. The molecule has 0 aliphatic rings. The molecule has 1 aromatic carbocycles. The normalized spacial score (nSPS) is 11.7. The third kappa shape index (κ3) is 3.64. The lowest BCUT2D eigenvalue weighted by molar-refractivity contribution is 0.524. The fourth-order valence-electron chi connectivity index (χ4n) is 2.27. The smallest absolute Gasteiger partial charge is 0.213 e. The predicted octanol–water partition coefficient (Wildman–Crippen LogP) is 3.48. The van der Waals surface area contributed by atoms with Crippen LogP contribution in [0, 0.1) is 0 Å². The van der Waals surface area contributed by atoms with Gasteiger partial charge in [-0.05, 0) is 30.2 Å². The molecule has 124 valence electrons. The zero-order chi connectivity index (χ0) is 16.9. The minimum atomic E-state index is 0.305. The first-order valence-corrected chi connectivity index (χ1v) is 8.51. The van der Waals surface area contributed by atoms with E-state index in [1.807, 2.05) is 35.7 Å². The van der Waals surface area contributed by atoms with Crippen molar-refractivity contribution in [3.8, 4) is 11.5 Å². The van der Waals surface area contributed by atoms with Crippen LogP contribution in [0.4, 0.5) is 10.8 Å². The van der Waals surface area contributed by atoms with Gasteiger partial charge < -0.3 is 21.2 Å². The molecule has 2 aromatic heterocycles. The van der Waals surface area contributed by atoms with Crippen LogP contribution in [0.3, 0.4) is 0 Å². The Balaban J connectivity index is 1.76. The Labute approximate surface area is 144 Å². The molecule has 6 nitrogen and oxygen atoms in total. The van der Waals surface area contributed by atoms with Gasteiger partial charge in [0.2, 0.25) is 11.1 Å². The lowest BCUT2D eigenvalue weighted by atomic mass is 10.1. The minimum Gasteiger partial charge on any atom is -0.458 e. The summed E-state index contributed by atoms with van der Waals surface area (Å²) in [7, 11) is 0. The molecule has 5 N–H and O–H groups in total. The van der Waals surface area contributed by atoms with E-state index in [0.29, 0.717) is 23.4 Å². The zero-order valence-corrected chi connectivity index (χ0v) is 14.1. The Hall–Kier alpha value is -2.64. The van der Waals surface area contributed by atoms with Crippen molar-refractivity contribution in [3.05, 3.63) is 53.1 Å². The average Bonchev–Trinajstić information content (AvgIpc) is 3.24. The molecule has 0 spiro atoms. The van der Waals surface area contributed by atoms with Crippen LogP contribution in [0.2, 0.25) is 0 Å². The van der Waals surface area contributed by atoms with E-state index >= 15 is 0 Å². The van der Waals surface area contributed by atoms with E-state index < -0.39 is 0 Å². The van der Waals surface area contributed by atoms with Crippen molar-refractivity contribution in [1.82, 2.24) is 4.98 Å². The molecular weight excluding hydrogens is 322 g/mol. The molecule has 0 saturated heterocycles. The highest BCUT2D eigenvalue weighted by molar-refractivity contribution is 7.13. The zero-order valence-electron chi connectivity index (χ0n) is 13.3. The summed E-state index contributed by atoms with van der Waals surface area (Å²) in [5, 5.41) is 5.57. The molecule has 0 aliphatic heterocycles. The number of para-hydroxylation sites is 1. The maximum absolute atomic E-state index is 6.00. The Bertz CT molecular complexity index is 852. The number of aryl methyl sites for hydroxylation is 1. The van der Waals surface area contributed by atoms with E-state index in [1.54, 1.807) is 0 Å². The summed E-state index contributed by atoms with van der Waals surface area (Å²) in [6.07, 6.45) is 0.916. The highest BCUT2D eigenvalue weighted by Crippen LogP contribution is 2.28. The number of aromatic nitrogens is 1. The van der Waals surface area contributed by atoms with Crippen LogP contribution in [0.15, 0.2) is 51.2 Å². The van der Waals surface area contributed by atoms with Gasteiger partial charge in [0.1, 0.15) is 11.5 Å². The van der Waals surface area contributed by atoms with Crippen LogP contribution in [0.1, 0.15) is 18.2 Å². The fraction of sp³-hybridized carbons (Fsp3) is 0.176. The second kappa shape index (κ2) is 7.29. The number of thiazole rings is 1. The Morgan fingerprint density at radius 1 is 1.29 bits per heavy atom. The maximum Gasteiger partial charge on any atom is 0.213 e. The topological polar surface area (TPSA) is 102 Å². The van der Waals surface area contributed by atoms with Gasteiger partial charge in [-0.2, -0.15) is 4.99 Å². The lowest BCUT2D eigenvalue weighted by Gasteiger charge is -2.09. The molecule has 2 heterocycles. The Morgan fingerprint density at radius 3 is 2.88 bits per heavy atom. The van der Waals surface area contributed by atoms with E-state index in [4.69, 9.17) is 15.9 Å². The number of benzene rings is 1. The maximum atomic E-state index is 6.00. The number of guanidine groups is 1. The van der Waals surface area contributed by atoms with Gasteiger partial charge >= 0.3 is 0 Å². The fourth-order valence-corrected chi connectivity index (χ4v) is 2.96. The van der Waals surface area contributed by atoms with E-state index in [0.717, 1.165) is 23.6 Å². The number of furan rings is 1. The monoisotopic (exact) mass is 341 g/mol. The number of nitrogens with zero attached hydrogens (tertiary/aromatic N) is 2. The molecule has 24 heavy (non-hydrogen) atoms. The summed E-state index contributed by atoms with van der Waals surface area (Å²) in [6.45, 7) is 2.46. The van der Waals surface area contributed by atoms with Crippen LogP contribution in [-0.2, 0) is 13.0 Å². The van der Waals surface area contributed by atoms with Gasteiger partial charge in [0.05, 0.1) is 6.54 Å². The summed E-state index contributed by atoms with van der Waals surface area (Å²) in [4.78, 5) is 8.76.